The number of amides is 2. The molecule has 0 atom stereocenters. The first-order chi connectivity index (χ1) is 16.0. The van der Waals surface area contributed by atoms with E-state index in [0.717, 1.165) is 30.5 Å². The van der Waals surface area contributed by atoms with Crippen molar-refractivity contribution in [2.24, 2.45) is 0 Å². The molecule has 2 aliphatic rings. The van der Waals surface area contributed by atoms with Crippen molar-refractivity contribution >= 4 is 34.8 Å². The van der Waals surface area contributed by atoms with E-state index in [2.05, 4.69) is 16.0 Å². The molecule has 1 saturated heterocycles. The summed E-state index contributed by atoms with van der Waals surface area (Å²) in [7, 11) is 1.36. The van der Waals surface area contributed by atoms with Gasteiger partial charge in [0.15, 0.2) is 10.8 Å². The van der Waals surface area contributed by atoms with Gasteiger partial charge in [0.1, 0.15) is 17.4 Å². The monoisotopic (exact) mass is 493 g/mol. The molecule has 0 radical (unpaired) electrons. The number of aromatic nitrogens is 1. The van der Waals surface area contributed by atoms with Crippen molar-refractivity contribution in [3.8, 4) is 6.07 Å². The first-order valence-electron chi connectivity index (χ1n) is 10.1. The molecule has 1 aromatic heterocycles. The number of likely N-dealkylation sites (N-methyl/N-ethyl adjacent to an activating group) is 1. The van der Waals surface area contributed by atoms with E-state index in [-0.39, 0.29) is 22.9 Å². The van der Waals surface area contributed by atoms with E-state index in [9.17, 15) is 27.2 Å². The number of anilines is 1. The van der Waals surface area contributed by atoms with E-state index in [1.807, 2.05) is 0 Å². The third-order valence-corrected chi connectivity index (χ3v) is 6.13. The van der Waals surface area contributed by atoms with Gasteiger partial charge < -0.3 is 10.2 Å². The summed E-state index contributed by atoms with van der Waals surface area (Å²) in [5, 5.41) is 11.3. The first-order valence-corrected chi connectivity index (χ1v) is 10.5. The van der Waals surface area contributed by atoms with E-state index < -0.39 is 40.6 Å². The van der Waals surface area contributed by atoms with Crippen LogP contribution >= 0.6 is 12.2 Å². The molecule has 2 amide bonds. The molecule has 1 aliphatic carbocycles. The minimum atomic E-state index is -4.84. The molecule has 178 valence electrons. The Bertz CT molecular complexity index is 1190. The SMILES string of the molecule is CNC(=O)/C(C=C=CCN1C(=S)N(c2cnc(C#N)c(C(F)(F)F)c2)C(=O)C12CCC2)=C(/C)F. The smallest absolute Gasteiger partial charge is 0.355 e. The molecule has 2 heterocycles. The van der Waals surface area contributed by atoms with Gasteiger partial charge in [-0.25, -0.2) is 9.37 Å². The Morgan fingerprint density at radius 1 is 1.41 bits per heavy atom. The lowest BCUT2D eigenvalue weighted by Crippen LogP contribution is -2.54. The van der Waals surface area contributed by atoms with Gasteiger partial charge in [0.2, 0.25) is 0 Å². The standard InChI is InChI=1S/C22H19F4N5O2S/c1-13(23)15(18(32)28-2)6-3-4-9-30-20(34)31(19(33)21(30)7-5-8-21)14-10-16(22(24,25)26)17(11-27)29-12-14/h4,6,10,12H,5,7-9H2,1-2H3,(H,28,32)/b15-13-. The second kappa shape index (κ2) is 9.37. The van der Waals surface area contributed by atoms with Crippen LogP contribution in [0, 0.1) is 11.3 Å². The van der Waals surface area contributed by atoms with Crippen LogP contribution in [0.2, 0.25) is 0 Å². The summed E-state index contributed by atoms with van der Waals surface area (Å²) in [4.78, 5) is 31.1. The lowest BCUT2D eigenvalue weighted by atomic mass is 9.75. The Morgan fingerprint density at radius 3 is 2.59 bits per heavy atom. The molecule has 0 unspecified atom stereocenters. The number of nitrogens with one attached hydrogen (secondary N) is 1. The summed E-state index contributed by atoms with van der Waals surface area (Å²) in [6, 6.07) is 2.09. The quantitative estimate of drug-likeness (QED) is 0.222. The highest BCUT2D eigenvalue weighted by atomic mass is 32.1. The van der Waals surface area contributed by atoms with Crippen molar-refractivity contribution in [1.29, 1.82) is 5.26 Å². The summed E-state index contributed by atoms with van der Waals surface area (Å²) in [5.41, 5.74) is -0.800. The predicted molar refractivity (Wildman–Crippen MR) is 118 cm³/mol. The summed E-state index contributed by atoms with van der Waals surface area (Å²) < 4.78 is 53.8. The number of halogens is 4. The highest BCUT2D eigenvalue weighted by molar-refractivity contribution is 7.80. The molecule has 7 nitrogen and oxygen atoms in total. The van der Waals surface area contributed by atoms with E-state index >= 15 is 0 Å². The first kappa shape index (κ1) is 25.1. The highest BCUT2D eigenvalue weighted by Gasteiger charge is 2.58. The maximum Gasteiger partial charge on any atom is 0.419 e. The second-order valence-corrected chi connectivity index (χ2v) is 8.02. The third-order valence-electron chi connectivity index (χ3n) is 5.73. The van der Waals surface area contributed by atoms with Crippen molar-refractivity contribution in [3.63, 3.8) is 0 Å². The number of carbonyl (C=O) groups excluding carboxylic acids is 2. The average molecular weight is 493 g/mol. The van der Waals surface area contributed by atoms with E-state index in [4.69, 9.17) is 17.5 Å². The zero-order chi connectivity index (χ0) is 25.3. The molecule has 1 N–H and O–H groups in total. The minimum absolute atomic E-state index is 0.0221. The largest absolute Gasteiger partial charge is 0.419 e. The molecule has 12 heteroatoms. The molecule has 0 bridgehead atoms. The number of hydrogen-bond acceptors (Lipinski definition) is 5. The van der Waals surface area contributed by atoms with Crippen LogP contribution in [-0.2, 0) is 15.8 Å². The van der Waals surface area contributed by atoms with Gasteiger partial charge in [-0.2, -0.15) is 18.4 Å². The van der Waals surface area contributed by atoms with E-state index in [1.54, 1.807) is 4.90 Å². The molecular weight excluding hydrogens is 474 g/mol. The second-order valence-electron chi connectivity index (χ2n) is 7.66. The van der Waals surface area contributed by atoms with Gasteiger partial charge >= 0.3 is 6.18 Å². The number of thiocarbonyl (C=S) groups is 1. The summed E-state index contributed by atoms with van der Waals surface area (Å²) in [5.74, 6) is -1.82. The van der Waals surface area contributed by atoms with Gasteiger partial charge in [0.25, 0.3) is 11.8 Å². The van der Waals surface area contributed by atoms with Crippen molar-refractivity contribution in [3.05, 3.63) is 52.8 Å². The van der Waals surface area contributed by atoms with Gasteiger partial charge in [0, 0.05) is 13.6 Å². The third kappa shape index (κ3) is 4.32. The number of hydrogen-bond donors (Lipinski definition) is 1. The van der Waals surface area contributed by atoms with Crippen LogP contribution < -0.4 is 10.2 Å². The number of alkyl halides is 3. The van der Waals surface area contributed by atoms with Crippen LogP contribution in [0.5, 0.6) is 0 Å². The molecule has 34 heavy (non-hydrogen) atoms. The Hall–Kier alpha value is -3.55. The van der Waals surface area contributed by atoms with Crippen molar-refractivity contribution < 1.29 is 27.2 Å². The Morgan fingerprint density at radius 2 is 2.09 bits per heavy atom. The summed E-state index contributed by atoms with van der Waals surface area (Å²) in [6.07, 6.45) is 0.389. The van der Waals surface area contributed by atoms with Gasteiger partial charge in [-0.3, -0.25) is 14.5 Å². The fourth-order valence-corrected chi connectivity index (χ4v) is 4.25. The van der Waals surface area contributed by atoms with Crippen LogP contribution in [-0.4, -0.2) is 45.9 Å². The topological polar surface area (TPSA) is 89.3 Å². The van der Waals surface area contributed by atoms with E-state index in [1.165, 1.54) is 19.2 Å². The predicted octanol–water partition coefficient (Wildman–Crippen LogP) is 3.53. The summed E-state index contributed by atoms with van der Waals surface area (Å²) in [6.45, 7) is 1.18. The van der Waals surface area contributed by atoms with Crippen LogP contribution in [0.15, 0.2) is 41.5 Å². The highest BCUT2D eigenvalue weighted by Crippen LogP contribution is 2.46. The zero-order valence-corrected chi connectivity index (χ0v) is 19.0. The lowest BCUT2D eigenvalue weighted by molar-refractivity contribution is -0.138. The van der Waals surface area contributed by atoms with Crippen molar-refractivity contribution in [1.82, 2.24) is 15.2 Å². The van der Waals surface area contributed by atoms with Crippen molar-refractivity contribution in [2.45, 2.75) is 37.9 Å². The molecule has 1 spiro atoms. The maximum absolute atomic E-state index is 13.6. The van der Waals surface area contributed by atoms with Gasteiger partial charge in [-0.05, 0) is 56.6 Å². The molecule has 1 aliphatic heterocycles. The van der Waals surface area contributed by atoms with Crippen LogP contribution in [0.3, 0.4) is 0 Å². The van der Waals surface area contributed by atoms with Crippen LogP contribution in [0.1, 0.15) is 37.4 Å². The maximum atomic E-state index is 13.6. The Labute approximate surface area is 198 Å². The number of carbonyl (C=O) groups is 2. The minimum Gasteiger partial charge on any atom is -0.355 e. The molecule has 3 rings (SSSR count). The molecule has 2 fully saturated rings. The normalized spacial score (nSPS) is 17.6. The fraction of sp³-hybridized carbons (Fsp3) is 0.364. The molecule has 0 aromatic carbocycles. The Kier molecular flexibility index (Phi) is 6.91. The number of nitriles is 1. The number of pyridine rings is 1. The average Bonchev–Trinajstić information content (AvgIpc) is 2.98. The zero-order valence-electron chi connectivity index (χ0n) is 18.2. The lowest BCUT2D eigenvalue weighted by Gasteiger charge is -2.42. The number of allylic oxidation sites excluding steroid dienone is 1. The number of rotatable bonds is 5. The fourth-order valence-electron chi connectivity index (χ4n) is 3.81. The van der Waals surface area contributed by atoms with Crippen molar-refractivity contribution in [2.75, 3.05) is 18.5 Å². The molecular formula is C22H19F4N5O2S. The number of nitrogens with zero attached hydrogens (tertiary/aromatic N) is 4. The van der Waals surface area contributed by atoms with E-state index in [0.29, 0.717) is 18.9 Å². The van der Waals surface area contributed by atoms with Gasteiger partial charge in [-0.1, -0.05) is 0 Å². The van der Waals surface area contributed by atoms with Crippen LogP contribution in [0.25, 0.3) is 0 Å². The molecule has 1 saturated carbocycles. The summed E-state index contributed by atoms with van der Waals surface area (Å²) >= 11 is 5.44. The van der Waals surface area contributed by atoms with Crippen LogP contribution in [0.4, 0.5) is 23.2 Å². The van der Waals surface area contributed by atoms with Gasteiger partial charge in [-0.15, -0.1) is 5.73 Å². The Balaban J connectivity index is 1.94. The molecule has 1 aromatic rings. The van der Waals surface area contributed by atoms with Gasteiger partial charge in [0.05, 0.1) is 23.0 Å².